The molecule has 0 spiro atoms. The largest absolute Gasteiger partial charge is 0.493 e. The summed E-state index contributed by atoms with van der Waals surface area (Å²) in [5.74, 6) is 1.61. The van der Waals surface area contributed by atoms with Crippen LogP contribution in [0.4, 0.5) is 0 Å². The van der Waals surface area contributed by atoms with Gasteiger partial charge >= 0.3 is 0 Å². The topological polar surface area (TPSA) is 47.9 Å². The van der Waals surface area contributed by atoms with Crippen molar-refractivity contribution < 1.29 is 19.3 Å². The molecule has 4 nitrogen and oxygen atoms in total. The van der Waals surface area contributed by atoms with E-state index >= 15 is 0 Å². The highest BCUT2D eigenvalue weighted by molar-refractivity contribution is 5.54. The van der Waals surface area contributed by atoms with Gasteiger partial charge in [0, 0.05) is 6.42 Å². The SMILES string of the molecule is COc1cc([C@H](O)Cc2ccccc2)cc(OC)c1OC. The molecule has 0 radical (unpaired) electrons. The third-order valence-electron chi connectivity index (χ3n) is 3.34. The molecule has 0 unspecified atom stereocenters. The van der Waals surface area contributed by atoms with Gasteiger partial charge in [0.1, 0.15) is 0 Å². The molecule has 0 saturated heterocycles. The summed E-state index contributed by atoms with van der Waals surface area (Å²) in [6.45, 7) is 0. The number of hydrogen-bond donors (Lipinski definition) is 1. The van der Waals surface area contributed by atoms with Crippen LogP contribution in [0.15, 0.2) is 42.5 Å². The van der Waals surface area contributed by atoms with Gasteiger partial charge in [-0.25, -0.2) is 0 Å². The number of benzene rings is 2. The molecule has 0 aromatic heterocycles. The molecule has 0 heterocycles. The zero-order chi connectivity index (χ0) is 15.2. The number of methoxy groups -OCH3 is 3. The average Bonchev–Trinajstić information content (AvgIpc) is 2.54. The monoisotopic (exact) mass is 288 g/mol. The van der Waals surface area contributed by atoms with Gasteiger partial charge in [-0.3, -0.25) is 0 Å². The van der Waals surface area contributed by atoms with E-state index in [1.165, 1.54) is 0 Å². The van der Waals surface area contributed by atoms with Crippen molar-refractivity contribution in [3.05, 3.63) is 53.6 Å². The molecule has 0 amide bonds. The standard InChI is InChI=1S/C17H20O4/c1-19-15-10-13(11-16(20-2)17(15)21-3)14(18)9-12-7-5-4-6-8-12/h4-8,10-11,14,18H,9H2,1-3H3/t14-/m1/s1. The lowest BCUT2D eigenvalue weighted by atomic mass is 10.0. The Balaban J connectivity index is 2.30. The quantitative estimate of drug-likeness (QED) is 0.887. The Labute approximate surface area is 124 Å². The van der Waals surface area contributed by atoms with Crippen LogP contribution in [-0.2, 0) is 6.42 Å². The maximum Gasteiger partial charge on any atom is 0.203 e. The summed E-state index contributed by atoms with van der Waals surface area (Å²) in [5.41, 5.74) is 1.80. The lowest BCUT2D eigenvalue weighted by molar-refractivity contribution is 0.177. The second-order valence-electron chi connectivity index (χ2n) is 4.66. The Bertz CT molecular complexity index is 556. The van der Waals surface area contributed by atoms with Crippen molar-refractivity contribution >= 4 is 0 Å². The molecular weight excluding hydrogens is 268 g/mol. The third-order valence-corrected chi connectivity index (χ3v) is 3.34. The van der Waals surface area contributed by atoms with Crippen molar-refractivity contribution in [3.63, 3.8) is 0 Å². The van der Waals surface area contributed by atoms with Gasteiger partial charge in [0.15, 0.2) is 11.5 Å². The summed E-state index contributed by atoms with van der Waals surface area (Å²) < 4.78 is 15.9. The molecule has 2 aromatic carbocycles. The van der Waals surface area contributed by atoms with Crippen LogP contribution >= 0.6 is 0 Å². The Morgan fingerprint density at radius 1 is 0.905 bits per heavy atom. The minimum atomic E-state index is -0.638. The first kappa shape index (κ1) is 15.2. The van der Waals surface area contributed by atoms with E-state index in [1.54, 1.807) is 33.5 Å². The number of hydrogen-bond acceptors (Lipinski definition) is 4. The number of aliphatic hydroxyl groups excluding tert-OH is 1. The van der Waals surface area contributed by atoms with E-state index < -0.39 is 6.10 Å². The van der Waals surface area contributed by atoms with Crippen molar-refractivity contribution in [2.45, 2.75) is 12.5 Å². The van der Waals surface area contributed by atoms with Gasteiger partial charge < -0.3 is 19.3 Å². The van der Waals surface area contributed by atoms with E-state index in [4.69, 9.17) is 14.2 Å². The molecule has 1 N–H and O–H groups in total. The van der Waals surface area contributed by atoms with E-state index in [0.29, 0.717) is 23.7 Å². The second kappa shape index (κ2) is 6.99. The summed E-state index contributed by atoms with van der Waals surface area (Å²) in [4.78, 5) is 0. The van der Waals surface area contributed by atoms with E-state index in [-0.39, 0.29) is 0 Å². The van der Waals surface area contributed by atoms with Crippen LogP contribution in [0.3, 0.4) is 0 Å². The summed E-state index contributed by atoms with van der Waals surface area (Å²) in [7, 11) is 4.68. The van der Waals surface area contributed by atoms with Gasteiger partial charge in [0.05, 0.1) is 27.4 Å². The van der Waals surface area contributed by atoms with Crippen LogP contribution in [-0.4, -0.2) is 26.4 Å². The highest BCUT2D eigenvalue weighted by Gasteiger charge is 2.17. The molecule has 0 bridgehead atoms. The molecule has 0 aliphatic heterocycles. The highest BCUT2D eigenvalue weighted by atomic mass is 16.5. The molecule has 2 aromatic rings. The fourth-order valence-corrected chi connectivity index (χ4v) is 2.25. The normalized spacial score (nSPS) is 11.8. The fraction of sp³-hybridized carbons (Fsp3) is 0.294. The number of rotatable bonds is 6. The van der Waals surface area contributed by atoms with Crippen LogP contribution in [0.1, 0.15) is 17.2 Å². The fourth-order valence-electron chi connectivity index (χ4n) is 2.25. The first-order valence-corrected chi connectivity index (χ1v) is 6.71. The Morgan fingerprint density at radius 2 is 1.48 bits per heavy atom. The lowest BCUT2D eigenvalue weighted by Gasteiger charge is -2.17. The third kappa shape index (κ3) is 3.47. The molecule has 0 fully saturated rings. The maximum atomic E-state index is 10.4. The minimum absolute atomic E-state index is 0.524. The molecule has 4 heteroatoms. The van der Waals surface area contributed by atoms with E-state index in [9.17, 15) is 5.11 Å². The lowest BCUT2D eigenvalue weighted by Crippen LogP contribution is -2.04. The molecule has 2 rings (SSSR count). The van der Waals surface area contributed by atoms with Crippen molar-refractivity contribution in [2.24, 2.45) is 0 Å². The molecule has 0 aliphatic rings. The van der Waals surface area contributed by atoms with Crippen LogP contribution < -0.4 is 14.2 Å². The zero-order valence-corrected chi connectivity index (χ0v) is 12.5. The summed E-state index contributed by atoms with van der Waals surface area (Å²) in [6.07, 6.45) is -0.111. The van der Waals surface area contributed by atoms with Gasteiger partial charge in [-0.15, -0.1) is 0 Å². The molecule has 0 aliphatic carbocycles. The number of aliphatic hydroxyl groups is 1. The Morgan fingerprint density at radius 3 is 1.95 bits per heavy atom. The molecular formula is C17H20O4. The van der Waals surface area contributed by atoms with Crippen molar-refractivity contribution in [1.82, 2.24) is 0 Å². The van der Waals surface area contributed by atoms with E-state index in [0.717, 1.165) is 11.1 Å². The van der Waals surface area contributed by atoms with Crippen LogP contribution in [0.5, 0.6) is 17.2 Å². The minimum Gasteiger partial charge on any atom is -0.493 e. The van der Waals surface area contributed by atoms with Crippen molar-refractivity contribution in [2.75, 3.05) is 21.3 Å². The molecule has 21 heavy (non-hydrogen) atoms. The predicted molar refractivity (Wildman–Crippen MR) is 81.2 cm³/mol. The number of ether oxygens (including phenoxy) is 3. The van der Waals surface area contributed by atoms with Crippen LogP contribution in [0, 0.1) is 0 Å². The van der Waals surface area contributed by atoms with Gasteiger partial charge in [0.2, 0.25) is 5.75 Å². The van der Waals surface area contributed by atoms with Crippen LogP contribution in [0.2, 0.25) is 0 Å². The Kier molecular flexibility index (Phi) is 5.06. The smallest absolute Gasteiger partial charge is 0.203 e. The van der Waals surface area contributed by atoms with E-state index in [2.05, 4.69) is 0 Å². The molecule has 1 atom stereocenters. The first-order valence-electron chi connectivity index (χ1n) is 6.71. The molecule has 0 saturated carbocycles. The summed E-state index contributed by atoms with van der Waals surface area (Å²) >= 11 is 0. The Hall–Kier alpha value is -2.20. The average molecular weight is 288 g/mol. The highest BCUT2D eigenvalue weighted by Crippen LogP contribution is 2.40. The van der Waals surface area contributed by atoms with Gasteiger partial charge in [-0.1, -0.05) is 30.3 Å². The van der Waals surface area contributed by atoms with Gasteiger partial charge in [0.25, 0.3) is 0 Å². The van der Waals surface area contributed by atoms with E-state index in [1.807, 2.05) is 30.3 Å². The van der Waals surface area contributed by atoms with Crippen molar-refractivity contribution in [3.8, 4) is 17.2 Å². The second-order valence-corrected chi connectivity index (χ2v) is 4.66. The maximum absolute atomic E-state index is 10.4. The first-order chi connectivity index (χ1) is 10.2. The summed E-state index contributed by atoms with van der Waals surface area (Å²) in [5, 5.41) is 10.4. The van der Waals surface area contributed by atoms with Crippen LogP contribution in [0.25, 0.3) is 0 Å². The van der Waals surface area contributed by atoms with Gasteiger partial charge in [-0.05, 0) is 23.3 Å². The summed E-state index contributed by atoms with van der Waals surface area (Å²) in [6, 6.07) is 13.4. The van der Waals surface area contributed by atoms with Crippen molar-refractivity contribution in [1.29, 1.82) is 0 Å². The predicted octanol–water partition coefficient (Wildman–Crippen LogP) is 2.99. The zero-order valence-electron chi connectivity index (χ0n) is 12.5. The van der Waals surface area contributed by atoms with Gasteiger partial charge in [-0.2, -0.15) is 0 Å². The molecule has 112 valence electrons.